The van der Waals surface area contributed by atoms with Crippen molar-refractivity contribution in [2.45, 2.75) is 25.8 Å². The Balaban J connectivity index is 1.59. The van der Waals surface area contributed by atoms with E-state index < -0.39 is 11.2 Å². The maximum Gasteiger partial charge on any atom is 0.354 e. The number of hydrogen-bond donors (Lipinski definition) is 3. The lowest BCUT2D eigenvalue weighted by atomic mass is 10.1. The van der Waals surface area contributed by atoms with Crippen molar-refractivity contribution in [2.75, 3.05) is 45.1 Å². The van der Waals surface area contributed by atoms with Gasteiger partial charge in [0.1, 0.15) is 5.82 Å². The highest BCUT2D eigenvalue weighted by atomic mass is 16.2. The summed E-state index contributed by atoms with van der Waals surface area (Å²) >= 11 is 0. The Kier molecular flexibility index (Phi) is 7.26. The SMILES string of the molecule is CNCCc1ccc(-n2ccc(NC(=O)N3CCN(C(=O)C(C)(C)N)CC3)nc2=O)cc1. The van der Waals surface area contributed by atoms with Crippen LogP contribution in [0.4, 0.5) is 10.6 Å². The van der Waals surface area contributed by atoms with Gasteiger partial charge < -0.3 is 20.9 Å². The third kappa shape index (κ3) is 5.71. The number of amides is 3. The molecule has 32 heavy (non-hydrogen) atoms. The van der Waals surface area contributed by atoms with Gasteiger partial charge in [-0.3, -0.25) is 14.7 Å². The Morgan fingerprint density at radius 1 is 1.06 bits per heavy atom. The molecule has 4 N–H and O–H groups in total. The molecule has 0 saturated carbocycles. The van der Waals surface area contributed by atoms with Crippen molar-refractivity contribution >= 4 is 17.8 Å². The van der Waals surface area contributed by atoms with Crippen LogP contribution in [-0.4, -0.2) is 76.6 Å². The first-order valence-electron chi connectivity index (χ1n) is 10.7. The highest BCUT2D eigenvalue weighted by Crippen LogP contribution is 2.12. The van der Waals surface area contributed by atoms with Gasteiger partial charge in [0.15, 0.2) is 0 Å². The maximum absolute atomic E-state index is 12.6. The van der Waals surface area contributed by atoms with Crippen LogP contribution in [-0.2, 0) is 11.2 Å². The van der Waals surface area contributed by atoms with E-state index in [1.165, 1.54) is 10.1 Å². The zero-order valence-corrected chi connectivity index (χ0v) is 18.8. The summed E-state index contributed by atoms with van der Waals surface area (Å²) < 4.78 is 1.43. The molecule has 0 spiro atoms. The van der Waals surface area contributed by atoms with Crippen LogP contribution in [0.2, 0.25) is 0 Å². The van der Waals surface area contributed by atoms with Gasteiger partial charge >= 0.3 is 11.7 Å². The van der Waals surface area contributed by atoms with Crippen LogP contribution in [0.1, 0.15) is 19.4 Å². The summed E-state index contributed by atoms with van der Waals surface area (Å²) in [6, 6.07) is 8.93. The van der Waals surface area contributed by atoms with Crippen LogP contribution in [0, 0.1) is 0 Å². The summed E-state index contributed by atoms with van der Waals surface area (Å²) in [6.07, 6.45) is 2.49. The van der Waals surface area contributed by atoms with Gasteiger partial charge in [0.05, 0.1) is 11.2 Å². The molecule has 1 aromatic carbocycles. The Morgan fingerprint density at radius 3 is 2.25 bits per heavy atom. The number of likely N-dealkylation sites (N-methyl/N-ethyl adjacent to an activating group) is 1. The minimum absolute atomic E-state index is 0.141. The second kappa shape index (κ2) is 9.92. The molecule has 10 nitrogen and oxygen atoms in total. The molecule has 2 aromatic rings. The van der Waals surface area contributed by atoms with Crippen LogP contribution >= 0.6 is 0 Å². The molecule has 10 heteroatoms. The number of nitrogens with two attached hydrogens (primary N) is 1. The number of hydrogen-bond acceptors (Lipinski definition) is 6. The molecule has 1 aliphatic rings. The minimum Gasteiger partial charge on any atom is -0.338 e. The molecule has 1 fully saturated rings. The lowest BCUT2D eigenvalue weighted by molar-refractivity contribution is -0.137. The number of rotatable bonds is 6. The monoisotopic (exact) mass is 441 g/mol. The van der Waals surface area contributed by atoms with Gasteiger partial charge in [-0.15, -0.1) is 0 Å². The van der Waals surface area contributed by atoms with Gasteiger partial charge in [-0.25, -0.2) is 9.59 Å². The summed E-state index contributed by atoms with van der Waals surface area (Å²) in [6.45, 7) is 5.79. The first kappa shape index (κ1) is 23.4. The smallest absolute Gasteiger partial charge is 0.338 e. The molecule has 0 aliphatic carbocycles. The third-order valence-electron chi connectivity index (χ3n) is 5.32. The molecule has 0 atom stereocenters. The predicted octanol–water partition coefficient (Wildman–Crippen LogP) is 0.408. The lowest BCUT2D eigenvalue weighted by Gasteiger charge is -2.37. The van der Waals surface area contributed by atoms with Gasteiger partial charge in [-0.05, 0) is 57.6 Å². The molecule has 1 saturated heterocycles. The highest BCUT2D eigenvalue weighted by molar-refractivity contribution is 5.89. The van der Waals surface area contributed by atoms with Crippen molar-refractivity contribution in [3.05, 3.63) is 52.6 Å². The number of urea groups is 1. The average molecular weight is 442 g/mol. The highest BCUT2D eigenvalue weighted by Gasteiger charge is 2.31. The fourth-order valence-corrected chi connectivity index (χ4v) is 3.47. The van der Waals surface area contributed by atoms with E-state index in [0.29, 0.717) is 31.9 Å². The van der Waals surface area contributed by atoms with Gasteiger partial charge in [-0.1, -0.05) is 12.1 Å². The number of carbonyl (C=O) groups excluding carboxylic acids is 2. The fraction of sp³-hybridized carbons (Fsp3) is 0.455. The average Bonchev–Trinajstić information content (AvgIpc) is 2.77. The normalized spacial score (nSPS) is 14.4. The zero-order chi connectivity index (χ0) is 23.3. The first-order chi connectivity index (χ1) is 15.2. The molecule has 1 aromatic heterocycles. The molecule has 172 valence electrons. The molecule has 0 bridgehead atoms. The van der Waals surface area contributed by atoms with E-state index in [4.69, 9.17) is 5.73 Å². The maximum atomic E-state index is 12.6. The van der Waals surface area contributed by atoms with Gasteiger partial charge in [0.2, 0.25) is 5.91 Å². The van der Waals surface area contributed by atoms with Crippen LogP contribution in [0.25, 0.3) is 5.69 Å². The van der Waals surface area contributed by atoms with Crippen molar-refractivity contribution in [3.8, 4) is 5.69 Å². The van der Waals surface area contributed by atoms with E-state index in [-0.39, 0.29) is 17.8 Å². The van der Waals surface area contributed by atoms with E-state index in [1.54, 1.807) is 35.9 Å². The van der Waals surface area contributed by atoms with Crippen molar-refractivity contribution in [2.24, 2.45) is 5.73 Å². The van der Waals surface area contributed by atoms with E-state index in [9.17, 15) is 14.4 Å². The number of aromatic nitrogens is 2. The molecule has 3 rings (SSSR count). The van der Waals surface area contributed by atoms with E-state index in [1.807, 2.05) is 31.3 Å². The standard InChI is InChI=1S/C22H31N7O3/c1-22(2,23)19(30)27-12-14-28(15-13-27)20(31)25-18-9-11-29(21(32)26-18)17-6-4-16(5-7-17)8-10-24-3/h4-7,9,11,24H,8,10,12-15,23H2,1-3H3,(H,25,26,31,32). The Bertz CT molecular complexity index is 1000. The minimum atomic E-state index is -0.939. The lowest BCUT2D eigenvalue weighted by Crippen LogP contribution is -2.58. The van der Waals surface area contributed by atoms with Gasteiger partial charge in [-0.2, -0.15) is 4.98 Å². The quantitative estimate of drug-likeness (QED) is 0.596. The third-order valence-corrected chi connectivity index (χ3v) is 5.32. The second-order valence-corrected chi connectivity index (χ2v) is 8.42. The second-order valence-electron chi connectivity index (χ2n) is 8.42. The number of nitrogens with one attached hydrogen (secondary N) is 2. The number of piperazine rings is 1. The van der Waals surface area contributed by atoms with E-state index in [0.717, 1.165) is 13.0 Å². The van der Waals surface area contributed by atoms with Crippen LogP contribution in [0.3, 0.4) is 0 Å². The van der Waals surface area contributed by atoms with Gasteiger partial charge in [0.25, 0.3) is 0 Å². The van der Waals surface area contributed by atoms with Crippen LogP contribution in [0.15, 0.2) is 41.3 Å². The van der Waals surface area contributed by atoms with Crippen molar-refractivity contribution in [3.63, 3.8) is 0 Å². The molecule has 0 unspecified atom stereocenters. The molecular weight excluding hydrogens is 410 g/mol. The topological polar surface area (TPSA) is 126 Å². The van der Waals surface area contributed by atoms with Crippen LogP contribution in [0.5, 0.6) is 0 Å². The number of benzene rings is 1. The molecular formula is C22H31N7O3. The zero-order valence-electron chi connectivity index (χ0n) is 18.8. The number of anilines is 1. The van der Waals surface area contributed by atoms with E-state index >= 15 is 0 Å². The molecule has 1 aliphatic heterocycles. The Morgan fingerprint density at radius 2 is 1.69 bits per heavy atom. The van der Waals surface area contributed by atoms with Gasteiger partial charge in [0, 0.05) is 32.4 Å². The largest absolute Gasteiger partial charge is 0.354 e. The Hall–Kier alpha value is -3.24. The summed E-state index contributed by atoms with van der Waals surface area (Å²) in [7, 11) is 1.91. The molecule has 3 amide bonds. The van der Waals surface area contributed by atoms with Crippen molar-refractivity contribution in [1.82, 2.24) is 24.7 Å². The fourth-order valence-electron chi connectivity index (χ4n) is 3.47. The van der Waals surface area contributed by atoms with Crippen LogP contribution < -0.4 is 22.1 Å². The summed E-state index contributed by atoms with van der Waals surface area (Å²) in [5, 5.41) is 5.77. The first-order valence-corrected chi connectivity index (χ1v) is 10.7. The van der Waals surface area contributed by atoms with Crippen molar-refractivity contribution in [1.29, 1.82) is 0 Å². The predicted molar refractivity (Wildman–Crippen MR) is 123 cm³/mol. The molecule has 0 radical (unpaired) electrons. The number of carbonyl (C=O) groups is 2. The Labute approximate surface area is 187 Å². The number of nitrogens with zero attached hydrogens (tertiary/aromatic N) is 4. The molecule has 2 heterocycles. The van der Waals surface area contributed by atoms with E-state index in [2.05, 4.69) is 15.6 Å². The summed E-state index contributed by atoms with van der Waals surface area (Å²) in [4.78, 5) is 44.6. The summed E-state index contributed by atoms with van der Waals surface area (Å²) in [5.74, 6) is 0.0429. The van der Waals surface area contributed by atoms with Crippen molar-refractivity contribution < 1.29 is 9.59 Å². The summed E-state index contributed by atoms with van der Waals surface area (Å²) in [5.41, 5.74) is 6.33.